The molecule has 27 heavy (non-hydrogen) atoms. The van der Waals surface area contributed by atoms with Crippen LogP contribution in [0.3, 0.4) is 0 Å². The van der Waals surface area contributed by atoms with Crippen molar-refractivity contribution in [1.82, 2.24) is 0 Å². The van der Waals surface area contributed by atoms with Crippen LogP contribution in [0.5, 0.6) is 11.5 Å². The fraction of sp³-hybridized carbons (Fsp3) is 0.0800. The van der Waals surface area contributed by atoms with Crippen LogP contribution < -0.4 is 9.47 Å². The number of fused-ring (bicyclic) bond motifs is 3. The number of ether oxygens (including phenoxy) is 2. The van der Waals surface area contributed by atoms with Crippen molar-refractivity contribution >= 4 is 16.8 Å². The third-order valence-electron chi connectivity index (χ3n) is 5.30. The van der Waals surface area contributed by atoms with Crippen molar-refractivity contribution in [3.63, 3.8) is 0 Å². The first-order valence-corrected chi connectivity index (χ1v) is 9.07. The molecule has 0 bridgehead atoms. The SMILES string of the molecule is COc1ccc(C2([C]3[CH][CH][CH][CH]3)C=Cc3c(ccc4ccccc34)O2)cc1. The van der Waals surface area contributed by atoms with Crippen LogP contribution in [0.4, 0.5) is 0 Å². The van der Waals surface area contributed by atoms with Gasteiger partial charge in [-0.15, -0.1) is 0 Å². The molecule has 0 saturated heterocycles. The van der Waals surface area contributed by atoms with Gasteiger partial charge in [0.1, 0.15) is 11.5 Å². The van der Waals surface area contributed by atoms with Crippen LogP contribution in [-0.2, 0) is 5.60 Å². The molecule has 0 amide bonds. The van der Waals surface area contributed by atoms with E-state index in [2.05, 4.69) is 73.5 Å². The van der Waals surface area contributed by atoms with E-state index >= 15 is 0 Å². The molecule has 1 aliphatic carbocycles. The predicted molar refractivity (Wildman–Crippen MR) is 109 cm³/mol. The van der Waals surface area contributed by atoms with Crippen LogP contribution in [0.1, 0.15) is 11.1 Å². The van der Waals surface area contributed by atoms with E-state index in [0.717, 1.165) is 28.5 Å². The zero-order chi connectivity index (χ0) is 18.3. The van der Waals surface area contributed by atoms with E-state index in [0.29, 0.717) is 0 Å². The molecular weight excluding hydrogens is 332 g/mol. The Morgan fingerprint density at radius 1 is 0.852 bits per heavy atom. The molecule has 2 heteroatoms. The van der Waals surface area contributed by atoms with E-state index in [4.69, 9.17) is 9.47 Å². The Hall–Kier alpha value is -2.74. The van der Waals surface area contributed by atoms with Crippen molar-refractivity contribution in [2.45, 2.75) is 5.60 Å². The molecular formula is C25H19O2. The van der Waals surface area contributed by atoms with Gasteiger partial charge < -0.3 is 9.47 Å². The minimum atomic E-state index is -0.648. The number of methoxy groups -OCH3 is 1. The second kappa shape index (κ2) is 6.45. The standard InChI is InChI=1S/C25H19O2/c1-26-21-13-11-20(12-14-21)25(19-7-3-4-8-19)17-16-23-22-9-5-2-6-18(22)10-15-24(23)27-25/h2-17H,1H3. The average molecular weight is 351 g/mol. The highest BCUT2D eigenvalue weighted by molar-refractivity contribution is 5.94. The molecule has 0 aromatic heterocycles. The van der Waals surface area contributed by atoms with E-state index in [9.17, 15) is 0 Å². The topological polar surface area (TPSA) is 18.5 Å². The summed E-state index contributed by atoms with van der Waals surface area (Å²) in [5, 5.41) is 2.42. The smallest absolute Gasteiger partial charge is 0.159 e. The van der Waals surface area contributed by atoms with Gasteiger partial charge >= 0.3 is 0 Å². The summed E-state index contributed by atoms with van der Waals surface area (Å²) in [7, 11) is 1.68. The van der Waals surface area contributed by atoms with Crippen molar-refractivity contribution in [2.75, 3.05) is 7.11 Å². The van der Waals surface area contributed by atoms with Gasteiger partial charge in [-0.2, -0.15) is 0 Å². The van der Waals surface area contributed by atoms with Crippen LogP contribution >= 0.6 is 0 Å². The Bertz CT molecular complexity index is 997. The second-order valence-electron chi connectivity index (χ2n) is 6.77. The Kier molecular flexibility index (Phi) is 3.93. The summed E-state index contributed by atoms with van der Waals surface area (Å²) < 4.78 is 12.0. The van der Waals surface area contributed by atoms with Crippen LogP contribution in [0.25, 0.3) is 16.8 Å². The maximum absolute atomic E-state index is 6.70. The summed E-state index contributed by atoms with van der Waals surface area (Å²) in [6.45, 7) is 0. The van der Waals surface area contributed by atoms with Gasteiger partial charge in [0.2, 0.25) is 0 Å². The molecule has 1 atom stereocenters. The highest BCUT2D eigenvalue weighted by atomic mass is 16.5. The molecule has 0 N–H and O–H groups in total. The highest BCUT2D eigenvalue weighted by Crippen LogP contribution is 2.49. The lowest BCUT2D eigenvalue weighted by molar-refractivity contribution is 0.140. The summed E-state index contributed by atoms with van der Waals surface area (Å²) in [6, 6.07) is 20.7. The van der Waals surface area contributed by atoms with Gasteiger partial charge in [-0.1, -0.05) is 48.5 Å². The predicted octanol–water partition coefficient (Wildman–Crippen LogP) is 5.55. The summed E-state index contributed by atoms with van der Waals surface area (Å²) in [5.74, 6) is 2.85. The second-order valence-corrected chi connectivity index (χ2v) is 6.77. The summed E-state index contributed by atoms with van der Waals surface area (Å²) >= 11 is 0. The molecule has 1 fully saturated rings. The number of rotatable bonds is 3. The molecule has 5 rings (SSSR count). The van der Waals surface area contributed by atoms with E-state index in [1.54, 1.807) is 7.11 Å². The Morgan fingerprint density at radius 3 is 2.41 bits per heavy atom. The molecule has 2 nitrogen and oxygen atoms in total. The molecule has 2 aliphatic rings. The molecule has 3 aromatic carbocycles. The number of benzene rings is 3. The minimum Gasteiger partial charge on any atom is -0.497 e. The lowest BCUT2D eigenvalue weighted by Crippen LogP contribution is -2.38. The molecule has 0 spiro atoms. The normalized spacial score (nSPS) is 21.8. The third-order valence-corrected chi connectivity index (χ3v) is 5.30. The average Bonchev–Trinajstić information content (AvgIpc) is 3.29. The summed E-state index contributed by atoms with van der Waals surface area (Å²) in [5.41, 5.74) is 1.55. The molecule has 1 aliphatic heterocycles. The first kappa shape index (κ1) is 16.4. The van der Waals surface area contributed by atoms with Gasteiger partial charge in [0.25, 0.3) is 0 Å². The van der Waals surface area contributed by atoms with E-state index in [1.807, 2.05) is 25.0 Å². The third kappa shape index (κ3) is 2.63. The molecule has 1 saturated carbocycles. The van der Waals surface area contributed by atoms with Crippen molar-refractivity contribution in [3.8, 4) is 11.5 Å². The van der Waals surface area contributed by atoms with Crippen LogP contribution in [-0.4, -0.2) is 7.11 Å². The largest absolute Gasteiger partial charge is 0.497 e. The molecule has 1 heterocycles. The fourth-order valence-electron chi connectivity index (χ4n) is 3.88. The molecule has 3 aromatic rings. The van der Waals surface area contributed by atoms with E-state index < -0.39 is 5.60 Å². The van der Waals surface area contributed by atoms with Crippen molar-refractivity contribution < 1.29 is 9.47 Å². The summed E-state index contributed by atoms with van der Waals surface area (Å²) in [6.07, 6.45) is 12.7. The first-order valence-electron chi connectivity index (χ1n) is 9.07. The Labute approximate surface area is 160 Å². The number of hydrogen-bond acceptors (Lipinski definition) is 2. The highest BCUT2D eigenvalue weighted by Gasteiger charge is 2.45. The molecule has 131 valence electrons. The summed E-state index contributed by atoms with van der Waals surface area (Å²) in [4.78, 5) is 0. The minimum absolute atomic E-state index is 0.648. The van der Waals surface area contributed by atoms with Gasteiger partial charge in [-0.25, -0.2) is 0 Å². The maximum atomic E-state index is 6.70. The van der Waals surface area contributed by atoms with E-state index in [-0.39, 0.29) is 0 Å². The zero-order valence-electron chi connectivity index (χ0n) is 15.1. The first-order chi connectivity index (χ1) is 13.3. The van der Waals surface area contributed by atoms with Crippen molar-refractivity contribution in [2.24, 2.45) is 0 Å². The van der Waals surface area contributed by atoms with Crippen molar-refractivity contribution in [1.29, 1.82) is 0 Å². The van der Waals surface area contributed by atoms with Gasteiger partial charge in [-0.3, -0.25) is 0 Å². The molecule has 5 radical (unpaired) electrons. The lowest BCUT2D eigenvalue weighted by Gasteiger charge is -2.40. The molecule has 1 unspecified atom stereocenters. The van der Waals surface area contributed by atoms with Gasteiger partial charge in [0.05, 0.1) is 7.11 Å². The van der Waals surface area contributed by atoms with Crippen LogP contribution in [0, 0.1) is 31.6 Å². The Morgan fingerprint density at radius 2 is 1.63 bits per heavy atom. The van der Waals surface area contributed by atoms with Gasteiger partial charge in [0, 0.05) is 17.0 Å². The monoisotopic (exact) mass is 351 g/mol. The Balaban J connectivity index is 1.65. The number of hydrogen-bond donors (Lipinski definition) is 0. The zero-order valence-corrected chi connectivity index (χ0v) is 15.1. The quantitative estimate of drug-likeness (QED) is 0.615. The van der Waals surface area contributed by atoms with E-state index in [1.165, 1.54) is 10.8 Å². The fourth-order valence-corrected chi connectivity index (χ4v) is 3.88. The van der Waals surface area contributed by atoms with Crippen molar-refractivity contribution in [3.05, 3.63) is 109 Å². The van der Waals surface area contributed by atoms with Gasteiger partial charge in [0.15, 0.2) is 5.60 Å². The van der Waals surface area contributed by atoms with Gasteiger partial charge in [-0.05, 0) is 60.7 Å². The van der Waals surface area contributed by atoms with Crippen LogP contribution in [0.2, 0.25) is 0 Å². The lowest BCUT2D eigenvalue weighted by atomic mass is 9.78. The maximum Gasteiger partial charge on any atom is 0.159 e. The van der Waals surface area contributed by atoms with Crippen LogP contribution in [0.15, 0.2) is 66.7 Å².